The van der Waals surface area contributed by atoms with Gasteiger partial charge >= 0.3 is 0 Å². The molecule has 0 radical (unpaired) electrons. The van der Waals surface area contributed by atoms with E-state index in [9.17, 15) is 0 Å². The van der Waals surface area contributed by atoms with Crippen LogP contribution in [0.5, 0.6) is 0 Å². The minimum atomic E-state index is 0.285. The number of furan rings is 1. The molecule has 7 nitrogen and oxygen atoms in total. The van der Waals surface area contributed by atoms with E-state index in [1.54, 1.807) is 0 Å². The van der Waals surface area contributed by atoms with Crippen LogP contribution in [0.3, 0.4) is 0 Å². The van der Waals surface area contributed by atoms with Gasteiger partial charge in [0, 0.05) is 55.2 Å². The van der Waals surface area contributed by atoms with Gasteiger partial charge in [-0.2, -0.15) is 9.97 Å². The Labute approximate surface area is 328 Å². The van der Waals surface area contributed by atoms with Crippen LogP contribution in [0.15, 0.2) is 168 Å². The number of allylic oxidation sites excluding steroid dienone is 1. The van der Waals surface area contributed by atoms with Gasteiger partial charge in [-0.15, -0.1) is 0 Å². The summed E-state index contributed by atoms with van der Waals surface area (Å²) in [5.74, 6) is 2.68. The molecule has 10 aromatic rings. The van der Waals surface area contributed by atoms with E-state index in [-0.39, 0.29) is 5.92 Å². The highest BCUT2D eigenvalue weighted by Gasteiger charge is 2.30. The van der Waals surface area contributed by atoms with Gasteiger partial charge in [0.1, 0.15) is 11.1 Å². The Hall–Kier alpha value is -7.51. The molecule has 0 aliphatic heterocycles. The van der Waals surface area contributed by atoms with Gasteiger partial charge in [0.05, 0.1) is 11.4 Å². The van der Waals surface area contributed by atoms with Crippen molar-refractivity contribution in [2.45, 2.75) is 13.3 Å². The van der Waals surface area contributed by atoms with Crippen LogP contribution >= 0.6 is 0 Å². The number of hydrogen-bond acceptors (Lipinski definition) is 6. The first-order chi connectivity index (χ1) is 28.2. The summed E-state index contributed by atoms with van der Waals surface area (Å²) in [7, 11) is 0. The SMILES string of the molecule is CC1C=Cc2c(n(-c3nc(-c4ccccc4)nc(-c4ccccc4)n3)c3c2c(-c2cc(-c4ccccc4)nc(-c4ccccc4)n2)cc2c4ccccc4oc23)C1. The molecule has 1 atom stereocenters. The van der Waals surface area contributed by atoms with Crippen LogP contribution < -0.4 is 0 Å². The van der Waals surface area contributed by atoms with Gasteiger partial charge in [-0.25, -0.2) is 15.0 Å². The molecule has 1 aliphatic carbocycles. The minimum absolute atomic E-state index is 0.285. The molecule has 0 saturated heterocycles. The lowest BCUT2D eigenvalue weighted by Gasteiger charge is -2.17. The van der Waals surface area contributed by atoms with Crippen molar-refractivity contribution in [1.82, 2.24) is 29.5 Å². The maximum atomic E-state index is 6.89. The molecular formula is C50H34N6O. The molecule has 0 amide bonds. The molecule has 4 heterocycles. The van der Waals surface area contributed by atoms with E-state index in [1.165, 1.54) is 0 Å². The maximum absolute atomic E-state index is 6.89. The number of rotatable bonds is 6. The molecule has 0 fully saturated rings. The molecule has 1 aliphatic rings. The number of nitrogens with zero attached hydrogens (tertiary/aromatic N) is 6. The third-order valence-corrected chi connectivity index (χ3v) is 10.8. The van der Waals surface area contributed by atoms with Crippen molar-refractivity contribution in [1.29, 1.82) is 0 Å². The molecule has 4 aromatic heterocycles. The Balaban J connectivity index is 1.29. The van der Waals surface area contributed by atoms with E-state index in [2.05, 4.69) is 72.2 Å². The van der Waals surface area contributed by atoms with Crippen LogP contribution in [-0.2, 0) is 6.42 Å². The summed E-state index contributed by atoms with van der Waals surface area (Å²) in [4.78, 5) is 26.1. The Bertz CT molecular complexity index is 3040. The zero-order valence-corrected chi connectivity index (χ0v) is 31.0. The molecule has 0 spiro atoms. The first-order valence-electron chi connectivity index (χ1n) is 19.2. The molecule has 11 rings (SSSR count). The second kappa shape index (κ2) is 13.4. The quantitative estimate of drug-likeness (QED) is 0.169. The molecule has 0 saturated carbocycles. The summed E-state index contributed by atoms with van der Waals surface area (Å²) >= 11 is 0. The summed E-state index contributed by atoms with van der Waals surface area (Å²) in [6, 6.07) is 53.4. The molecule has 0 bridgehead atoms. The molecule has 6 aromatic carbocycles. The number of fused-ring (bicyclic) bond motifs is 7. The monoisotopic (exact) mass is 734 g/mol. The van der Waals surface area contributed by atoms with Gasteiger partial charge in [-0.1, -0.05) is 159 Å². The summed E-state index contributed by atoms with van der Waals surface area (Å²) in [6.45, 7) is 2.25. The van der Waals surface area contributed by atoms with Crippen LogP contribution in [0, 0.1) is 5.92 Å². The van der Waals surface area contributed by atoms with Crippen LogP contribution in [0.4, 0.5) is 0 Å². The lowest BCUT2D eigenvalue weighted by molar-refractivity contribution is 0.665. The van der Waals surface area contributed by atoms with Crippen molar-refractivity contribution in [3.05, 3.63) is 175 Å². The van der Waals surface area contributed by atoms with E-state index in [0.29, 0.717) is 23.4 Å². The Kier molecular flexibility index (Phi) is 7.70. The highest BCUT2D eigenvalue weighted by molar-refractivity contribution is 6.20. The number of para-hydroxylation sites is 1. The fraction of sp³-hybridized carbons (Fsp3) is 0.0600. The highest BCUT2D eigenvalue weighted by atomic mass is 16.3. The van der Waals surface area contributed by atoms with Gasteiger partial charge in [-0.3, -0.25) is 4.57 Å². The zero-order chi connectivity index (χ0) is 37.9. The molecule has 7 heteroatoms. The predicted octanol–water partition coefficient (Wildman–Crippen LogP) is 12.0. The smallest absolute Gasteiger partial charge is 0.238 e. The van der Waals surface area contributed by atoms with Crippen molar-refractivity contribution < 1.29 is 4.42 Å². The van der Waals surface area contributed by atoms with Crippen LogP contribution in [0.1, 0.15) is 18.2 Å². The molecule has 1 unspecified atom stereocenters. The van der Waals surface area contributed by atoms with Crippen LogP contribution in [0.25, 0.3) is 102 Å². The second-order valence-electron chi connectivity index (χ2n) is 14.6. The van der Waals surface area contributed by atoms with Gasteiger partial charge in [0.2, 0.25) is 5.95 Å². The Morgan fingerprint density at radius 3 is 1.72 bits per heavy atom. The van der Waals surface area contributed by atoms with Crippen molar-refractivity contribution in [2.75, 3.05) is 0 Å². The third kappa shape index (κ3) is 5.63. The van der Waals surface area contributed by atoms with E-state index >= 15 is 0 Å². The standard InChI is InChI=1S/C50H34N6O/c1-31-26-27-37-42(28-31)56(50-54-48(34-20-10-4-11-21-34)53-49(55-50)35-22-12-5-13-23-35)45-44(37)39(29-38-36-24-14-15-25-43(36)57-46(38)45)41-30-40(32-16-6-2-7-17-32)51-47(52-41)33-18-8-3-9-19-33/h2-27,29-31H,28H2,1H3. The minimum Gasteiger partial charge on any atom is -0.454 e. The third-order valence-electron chi connectivity index (χ3n) is 10.8. The Morgan fingerprint density at radius 1 is 0.544 bits per heavy atom. The largest absolute Gasteiger partial charge is 0.454 e. The molecule has 270 valence electrons. The van der Waals surface area contributed by atoms with Gasteiger partial charge in [-0.05, 0) is 30.5 Å². The summed E-state index contributed by atoms with van der Waals surface area (Å²) in [6.07, 6.45) is 5.33. The van der Waals surface area contributed by atoms with E-state index in [1.807, 2.05) is 109 Å². The average Bonchev–Trinajstić information content (AvgIpc) is 3.83. The maximum Gasteiger partial charge on any atom is 0.238 e. The normalized spacial score (nSPS) is 13.7. The van der Waals surface area contributed by atoms with Crippen molar-refractivity contribution in [3.63, 3.8) is 0 Å². The average molecular weight is 735 g/mol. The van der Waals surface area contributed by atoms with Gasteiger partial charge in [0.15, 0.2) is 23.1 Å². The summed E-state index contributed by atoms with van der Waals surface area (Å²) in [5, 5.41) is 3.04. The van der Waals surface area contributed by atoms with Crippen molar-refractivity contribution in [3.8, 4) is 62.6 Å². The second-order valence-corrected chi connectivity index (χ2v) is 14.6. The molecule has 0 N–H and O–H groups in total. The van der Waals surface area contributed by atoms with Gasteiger partial charge in [0.25, 0.3) is 0 Å². The van der Waals surface area contributed by atoms with Crippen LogP contribution in [0.2, 0.25) is 0 Å². The first-order valence-corrected chi connectivity index (χ1v) is 19.2. The Morgan fingerprint density at radius 2 is 1.09 bits per heavy atom. The number of aromatic nitrogens is 6. The van der Waals surface area contributed by atoms with Crippen molar-refractivity contribution >= 4 is 38.9 Å². The zero-order valence-electron chi connectivity index (χ0n) is 31.0. The fourth-order valence-electron chi connectivity index (χ4n) is 8.12. The molecule has 57 heavy (non-hydrogen) atoms. The first kappa shape index (κ1) is 32.9. The predicted molar refractivity (Wildman–Crippen MR) is 229 cm³/mol. The highest BCUT2D eigenvalue weighted by Crippen LogP contribution is 2.46. The summed E-state index contributed by atoms with van der Waals surface area (Å²) in [5.41, 5.74) is 11.1. The van der Waals surface area contributed by atoms with Gasteiger partial charge < -0.3 is 4.42 Å². The van der Waals surface area contributed by atoms with E-state index in [0.717, 1.165) is 89.7 Å². The van der Waals surface area contributed by atoms with E-state index in [4.69, 9.17) is 29.3 Å². The topological polar surface area (TPSA) is 82.5 Å². The molecular weight excluding hydrogens is 701 g/mol. The fourth-order valence-corrected chi connectivity index (χ4v) is 8.12. The summed E-state index contributed by atoms with van der Waals surface area (Å²) < 4.78 is 9.12. The lowest BCUT2D eigenvalue weighted by atomic mass is 9.92. The lowest BCUT2D eigenvalue weighted by Crippen LogP contribution is -2.12. The van der Waals surface area contributed by atoms with E-state index < -0.39 is 0 Å². The van der Waals surface area contributed by atoms with Crippen LogP contribution in [-0.4, -0.2) is 29.5 Å². The number of hydrogen-bond donors (Lipinski definition) is 0. The van der Waals surface area contributed by atoms with Crippen molar-refractivity contribution in [2.24, 2.45) is 5.92 Å². The number of benzene rings is 6.